The van der Waals surface area contributed by atoms with Gasteiger partial charge in [-0.05, 0) is 48.9 Å². The van der Waals surface area contributed by atoms with Gasteiger partial charge in [0.05, 0.1) is 11.1 Å². The number of rotatable bonds is 7. The number of aromatic nitrogens is 2. The number of nitrogens with zero attached hydrogens (tertiary/aromatic N) is 3. The van der Waals surface area contributed by atoms with Crippen LogP contribution in [0, 0.1) is 6.92 Å². The molecule has 0 radical (unpaired) electrons. The normalized spacial score (nSPS) is 12.6. The molecule has 0 saturated heterocycles. The van der Waals surface area contributed by atoms with Crippen LogP contribution in [0.1, 0.15) is 38.3 Å². The number of amides is 3. The molecule has 1 aromatic carbocycles. The average Bonchev–Trinajstić information content (AvgIpc) is 3.01. The zero-order valence-corrected chi connectivity index (χ0v) is 16.9. The fourth-order valence-electron chi connectivity index (χ4n) is 3.26. The molecule has 1 aliphatic rings. The molecule has 0 unspecified atom stereocenters. The summed E-state index contributed by atoms with van der Waals surface area (Å²) < 4.78 is 5.77. The first-order valence-electron chi connectivity index (χ1n) is 9.76. The van der Waals surface area contributed by atoms with E-state index >= 15 is 0 Å². The number of imide groups is 1. The van der Waals surface area contributed by atoms with Crippen LogP contribution >= 0.6 is 0 Å². The van der Waals surface area contributed by atoms with Crippen molar-refractivity contribution >= 4 is 23.5 Å². The highest BCUT2D eigenvalue weighted by Gasteiger charge is 2.35. The highest BCUT2D eigenvalue weighted by molar-refractivity contribution is 6.21. The van der Waals surface area contributed by atoms with Crippen LogP contribution in [0.25, 0.3) is 0 Å². The average molecular weight is 416 g/mol. The molecule has 1 N–H and O–H groups in total. The smallest absolute Gasteiger partial charge is 0.261 e. The monoisotopic (exact) mass is 416 g/mol. The predicted octanol–water partition coefficient (Wildman–Crippen LogP) is 2.99. The predicted molar refractivity (Wildman–Crippen MR) is 113 cm³/mol. The van der Waals surface area contributed by atoms with Gasteiger partial charge in [-0.25, -0.2) is 4.98 Å². The van der Waals surface area contributed by atoms with Gasteiger partial charge in [-0.15, -0.1) is 0 Å². The van der Waals surface area contributed by atoms with Gasteiger partial charge < -0.3 is 10.1 Å². The first-order chi connectivity index (χ1) is 15.0. The number of nitrogens with one attached hydrogen (secondary N) is 1. The number of benzene rings is 1. The second-order valence-electron chi connectivity index (χ2n) is 7.10. The van der Waals surface area contributed by atoms with E-state index < -0.39 is 0 Å². The Labute approximate surface area is 178 Å². The van der Waals surface area contributed by atoms with E-state index in [9.17, 15) is 14.4 Å². The fraction of sp³-hybridized carbons (Fsp3) is 0.174. The molecule has 31 heavy (non-hydrogen) atoms. The van der Waals surface area contributed by atoms with Crippen LogP contribution in [-0.2, 0) is 11.4 Å². The lowest BCUT2D eigenvalue weighted by Gasteiger charge is -2.14. The molecule has 0 spiro atoms. The SMILES string of the molecule is Cc1ccc2c(c1)C(=O)N(CCC(=O)Nc1ncccc1OCc1ccncc1)C2=O. The third-order valence-electron chi connectivity index (χ3n) is 4.86. The van der Waals surface area contributed by atoms with Gasteiger partial charge in [0.25, 0.3) is 11.8 Å². The molecule has 3 aromatic rings. The summed E-state index contributed by atoms with van der Waals surface area (Å²) in [6.07, 6.45) is 4.84. The van der Waals surface area contributed by atoms with Gasteiger partial charge >= 0.3 is 0 Å². The summed E-state index contributed by atoms with van der Waals surface area (Å²) in [4.78, 5) is 46.7. The van der Waals surface area contributed by atoms with Gasteiger partial charge in [-0.1, -0.05) is 11.6 Å². The molecule has 0 bridgehead atoms. The van der Waals surface area contributed by atoms with Gasteiger partial charge in [0.15, 0.2) is 11.6 Å². The second kappa shape index (κ2) is 8.74. The number of carbonyl (C=O) groups excluding carboxylic acids is 3. The standard InChI is InChI=1S/C23H20N4O4/c1-15-4-5-17-18(13-15)23(30)27(22(17)29)12-8-20(28)26-21-19(3-2-9-25-21)31-14-16-6-10-24-11-7-16/h2-7,9-11,13H,8,12,14H2,1H3,(H,25,26,28). The number of hydrogen-bond donors (Lipinski definition) is 1. The Morgan fingerprint density at radius 3 is 2.61 bits per heavy atom. The largest absolute Gasteiger partial charge is 0.485 e. The molecule has 8 nitrogen and oxygen atoms in total. The van der Waals surface area contributed by atoms with Crippen LogP contribution in [0.3, 0.4) is 0 Å². The number of aryl methyl sites for hydroxylation is 1. The number of carbonyl (C=O) groups is 3. The molecular formula is C23H20N4O4. The van der Waals surface area contributed by atoms with Crippen LogP contribution in [0.5, 0.6) is 5.75 Å². The van der Waals surface area contributed by atoms with Crippen molar-refractivity contribution < 1.29 is 19.1 Å². The number of ether oxygens (including phenoxy) is 1. The van der Waals surface area contributed by atoms with Crippen LogP contribution < -0.4 is 10.1 Å². The second-order valence-corrected chi connectivity index (χ2v) is 7.10. The molecule has 3 amide bonds. The van der Waals surface area contributed by atoms with E-state index in [2.05, 4.69) is 15.3 Å². The van der Waals surface area contributed by atoms with Gasteiger partial charge in [0, 0.05) is 31.6 Å². The minimum absolute atomic E-state index is 0.0166. The Balaban J connectivity index is 1.37. The minimum atomic E-state index is -0.382. The van der Waals surface area contributed by atoms with E-state index in [1.54, 1.807) is 48.9 Å². The number of fused-ring (bicyclic) bond motifs is 1. The summed E-state index contributed by atoms with van der Waals surface area (Å²) in [5, 5.41) is 2.69. The van der Waals surface area contributed by atoms with Crippen molar-refractivity contribution in [1.82, 2.24) is 14.9 Å². The lowest BCUT2D eigenvalue weighted by atomic mass is 10.1. The highest BCUT2D eigenvalue weighted by atomic mass is 16.5. The van der Waals surface area contributed by atoms with Gasteiger partial charge in [0.1, 0.15) is 6.61 Å². The third-order valence-corrected chi connectivity index (χ3v) is 4.86. The zero-order valence-electron chi connectivity index (χ0n) is 16.9. The van der Waals surface area contributed by atoms with Crippen molar-refractivity contribution in [3.05, 3.63) is 83.3 Å². The molecule has 2 aromatic heterocycles. The molecule has 8 heteroatoms. The maximum atomic E-state index is 12.5. The molecule has 3 heterocycles. The first kappa shape index (κ1) is 20.2. The van der Waals surface area contributed by atoms with E-state index in [-0.39, 0.29) is 36.5 Å². The van der Waals surface area contributed by atoms with Crippen LogP contribution in [0.2, 0.25) is 0 Å². The Kier molecular flexibility index (Phi) is 5.70. The molecule has 0 fully saturated rings. The zero-order chi connectivity index (χ0) is 21.8. The van der Waals surface area contributed by atoms with Crippen molar-refractivity contribution in [2.75, 3.05) is 11.9 Å². The molecule has 156 valence electrons. The molecule has 0 aliphatic carbocycles. The maximum absolute atomic E-state index is 12.5. The molecule has 0 atom stereocenters. The molecular weight excluding hydrogens is 396 g/mol. The lowest BCUT2D eigenvalue weighted by molar-refractivity contribution is -0.116. The summed E-state index contributed by atoms with van der Waals surface area (Å²) in [6, 6.07) is 12.2. The lowest BCUT2D eigenvalue weighted by Crippen LogP contribution is -2.33. The maximum Gasteiger partial charge on any atom is 0.261 e. The topological polar surface area (TPSA) is 101 Å². The van der Waals surface area contributed by atoms with E-state index in [0.29, 0.717) is 23.5 Å². The number of anilines is 1. The van der Waals surface area contributed by atoms with Crippen molar-refractivity contribution in [3.8, 4) is 5.75 Å². The summed E-state index contributed by atoms with van der Waals surface area (Å²) >= 11 is 0. The Morgan fingerprint density at radius 1 is 1.03 bits per heavy atom. The van der Waals surface area contributed by atoms with Crippen molar-refractivity contribution in [2.24, 2.45) is 0 Å². The Hall–Kier alpha value is -4.07. The Bertz CT molecular complexity index is 1150. The van der Waals surface area contributed by atoms with E-state index in [1.165, 1.54) is 0 Å². The van der Waals surface area contributed by atoms with E-state index in [1.807, 2.05) is 19.1 Å². The molecule has 0 saturated carbocycles. The number of hydrogen-bond acceptors (Lipinski definition) is 6. The van der Waals surface area contributed by atoms with E-state index in [4.69, 9.17) is 4.74 Å². The third kappa shape index (κ3) is 4.42. The van der Waals surface area contributed by atoms with Crippen molar-refractivity contribution in [3.63, 3.8) is 0 Å². The summed E-state index contributed by atoms with van der Waals surface area (Å²) in [5.74, 6) is -0.439. The van der Waals surface area contributed by atoms with Crippen molar-refractivity contribution in [2.45, 2.75) is 20.0 Å². The van der Waals surface area contributed by atoms with Crippen LogP contribution in [0.4, 0.5) is 5.82 Å². The summed E-state index contributed by atoms with van der Waals surface area (Å²) in [5.41, 5.74) is 2.57. The highest BCUT2D eigenvalue weighted by Crippen LogP contribution is 2.25. The molecule has 4 rings (SSSR count). The Morgan fingerprint density at radius 2 is 1.81 bits per heavy atom. The van der Waals surface area contributed by atoms with Crippen LogP contribution in [-0.4, -0.2) is 39.1 Å². The van der Waals surface area contributed by atoms with Crippen LogP contribution in [0.15, 0.2) is 61.1 Å². The van der Waals surface area contributed by atoms with Crippen molar-refractivity contribution in [1.29, 1.82) is 0 Å². The van der Waals surface area contributed by atoms with Gasteiger partial charge in [-0.2, -0.15) is 0 Å². The van der Waals surface area contributed by atoms with Gasteiger partial charge in [-0.3, -0.25) is 24.3 Å². The number of pyridine rings is 2. The fourth-order valence-corrected chi connectivity index (χ4v) is 3.26. The minimum Gasteiger partial charge on any atom is -0.485 e. The van der Waals surface area contributed by atoms with Gasteiger partial charge in [0.2, 0.25) is 5.91 Å². The summed E-state index contributed by atoms with van der Waals surface area (Å²) in [7, 11) is 0. The summed E-state index contributed by atoms with van der Waals surface area (Å²) in [6.45, 7) is 2.14. The molecule has 1 aliphatic heterocycles. The van der Waals surface area contributed by atoms with E-state index in [0.717, 1.165) is 16.0 Å². The first-order valence-corrected chi connectivity index (χ1v) is 9.76. The quantitative estimate of drug-likeness (QED) is 0.594.